The molecule has 0 bridgehead atoms. The highest BCUT2D eigenvalue weighted by molar-refractivity contribution is 5.90. The van der Waals surface area contributed by atoms with Gasteiger partial charge in [0.15, 0.2) is 0 Å². The number of hydrogen-bond donors (Lipinski definition) is 1. The number of nitro groups is 1. The van der Waals surface area contributed by atoms with Crippen molar-refractivity contribution in [3.63, 3.8) is 0 Å². The van der Waals surface area contributed by atoms with Crippen molar-refractivity contribution in [2.75, 3.05) is 13.1 Å². The Balaban J connectivity index is 2.14. The number of piperidine rings is 1. The Morgan fingerprint density at radius 2 is 2.00 bits per heavy atom. The molecule has 1 aliphatic rings. The van der Waals surface area contributed by atoms with Gasteiger partial charge in [0.2, 0.25) is 0 Å². The van der Waals surface area contributed by atoms with Gasteiger partial charge in [-0.1, -0.05) is 6.07 Å². The topological polar surface area (TPSA) is 81.5 Å². The first-order valence-electron chi connectivity index (χ1n) is 7.50. The summed E-state index contributed by atoms with van der Waals surface area (Å²) in [5.41, 5.74) is 0.103. The number of ether oxygens (including phenoxy) is 1. The van der Waals surface area contributed by atoms with Gasteiger partial charge in [-0.3, -0.25) is 10.1 Å². The minimum absolute atomic E-state index is 0.0610. The highest BCUT2D eigenvalue weighted by Crippen LogP contribution is 2.30. The molecular weight excluding hydrogens is 284 g/mol. The van der Waals surface area contributed by atoms with E-state index in [4.69, 9.17) is 4.74 Å². The maximum absolute atomic E-state index is 12.3. The summed E-state index contributed by atoms with van der Waals surface area (Å²) in [5.74, 6) is -0.218. The molecule has 2 rings (SSSR count). The number of aryl methyl sites for hydroxylation is 1. The van der Waals surface area contributed by atoms with Crippen molar-refractivity contribution < 1.29 is 14.5 Å². The van der Waals surface area contributed by atoms with Crippen LogP contribution in [0, 0.1) is 23.0 Å². The van der Waals surface area contributed by atoms with Crippen molar-refractivity contribution in [2.24, 2.45) is 5.92 Å². The average molecular weight is 306 g/mol. The van der Waals surface area contributed by atoms with Crippen LogP contribution in [-0.4, -0.2) is 29.6 Å². The van der Waals surface area contributed by atoms with E-state index in [9.17, 15) is 14.9 Å². The molecule has 1 aliphatic heterocycles. The lowest BCUT2D eigenvalue weighted by Crippen LogP contribution is -2.42. The zero-order valence-corrected chi connectivity index (χ0v) is 13.2. The van der Waals surface area contributed by atoms with Gasteiger partial charge >= 0.3 is 5.97 Å². The van der Waals surface area contributed by atoms with Gasteiger partial charge in [0.25, 0.3) is 5.69 Å². The van der Waals surface area contributed by atoms with Crippen LogP contribution in [0.15, 0.2) is 18.2 Å². The average Bonchev–Trinajstić information content (AvgIpc) is 2.47. The lowest BCUT2D eigenvalue weighted by molar-refractivity contribution is -0.385. The molecule has 6 nitrogen and oxygen atoms in total. The summed E-state index contributed by atoms with van der Waals surface area (Å²) in [6.45, 7) is 7.29. The Kier molecular flexibility index (Phi) is 4.81. The van der Waals surface area contributed by atoms with Crippen LogP contribution in [0.25, 0.3) is 0 Å². The smallest absolute Gasteiger partial charge is 0.338 e. The fourth-order valence-electron chi connectivity index (χ4n) is 2.83. The van der Waals surface area contributed by atoms with Gasteiger partial charge < -0.3 is 10.1 Å². The molecule has 0 saturated carbocycles. The second kappa shape index (κ2) is 6.44. The highest BCUT2D eigenvalue weighted by atomic mass is 16.6. The number of nitrogens with zero attached hydrogens (tertiary/aromatic N) is 1. The van der Waals surface area contributed by atoms with E-state index in [-0.39, 0.29) is 17.2 Å². The zero-order chi connectivity index (χ0) is 16.3. The lowest BCUT2D eigenvalue weighted by Gasteiger charge is -2.36. The van der Waals surface area contributed by atoms with E-state index >= 15 is 0 Å². The number of carbonyl (C=O) groups excluding carboxylic acids is 1. The third-order valence-electron chi connectivity index (χ3n) is 4.32. The second-order valence-corrected chi connectivity index (χ2v) is 6.28. The molecule has 1 fully saturated rings. The molecule has 1 heterocycles. The van der Waals surface area contributed by atoms with Gasteiger partial charge in [0, 0.05) is 17.5 Å². The van der Waals surface area contributed by atoms with Crippen molar-refractivity contribution in [1.29, 1.82) is 0 Å². The molecule has 1 saturated heterocycles. The van der Waals surface area contributed by atoms with Gasteiger partial charge in [-0.2, -0.15) is 0 Å². The summed E-state index contributed by atoms with van der Waals surface area (Å²) in [5, 5.41) is 14.3. The van der Waals surface area contributed by atoms with Crippen LogP contribution < -0.4 is 5.32 Å². The predicted octanol–water partition coefficient (Wildman–Crippen LogP) is 2.84. The molecule has 0 aromatic heterocycles. The van der Waals surface area contributed by atoms with E-state index in [1.807, 2.05) is 13.8 Å². The zero-order valence-electron chi connectivity index (χ0n) is 13.2. The summed E-state index contributed by atoms with van der Waals surface area (Å²) < 4.78 is 5.65. The summed E-state index contributed by atoms with van der Waals surface area (Å²) >= 11 is 0. The Morgan fingerprint density at radius 3 is 2.59 bits per heavy atom. The second-order valence-electron chi connectivity index (χ2n) is 6.28. The lowest BCUT2D eigenvalue weighted by atomic mass is 9.83. The molecule has 120 valence electrons. The van der Waals surface area contributed by atoms with Crippen molar-refractivity contribution in [2.45, 2.75) is 39.2 Å². The normalized spacial score (nSPS) is 16.3. The SMILES string of the molecule is Cc1ccc(C(=O)OC(C)(C)C2CCNCC2)cc1[N+](=O)[O-]. The predicted molar refractivity (Wildman–Crippen MR) is 82.9 cm³/mol. The van der Waals surface area contributed by atoms with E-state index in [1.165, 1.54) is 6.07 Å². The first-order chi connectivity index (χ1) is 10.3. The van der Waals surface area contributed by atoms with Crippen molar-refractivity contribution in [3.8, 4) is 0 Å². The van der Waals surface area contributed by atoms with Crippen LogP contribution in [0.2, 0.25) is 0 Å². The van der Waals surface area contributed by atoms with Crippen LogP contribution in [0.5, 0.6) is 0 Å². The molecule has 1 N–H and O–H groups in total. The van der Waals surface area contributed by atoms with Gasteiger partial charge in [-0.15, -0.1) is 0 Å². The van der Waals surface area contributed by atoms with E-state index < -0.39 is 16.5 Å². The minimum atomic E-state index is -0.584. The van der Waals surface area contributed by atoms with Gasteiger partial charge in [0.1, 0.15) is 5.60 Å². The fourth-order valence-corrected chi connectivity index (χ4v) is 2.83. The molecule has 0 aliphatic carbocycles. The Bertz CT molecular complexity index is 578. The number of hydrogen-bond acceptors (Lipinski definition) is 5. The molecule has 22 heavy (non-hydrogen) atoms. The van der Waals surface area contributed by atoms with Crippen molar-refractivity contribution in [1.82, 2.24) is 5.32 Å². The summed E-state index contributed by atoms with van der Waals surface area (Å²) in [6.07, 6.45) is 1.91. The molecule has 1 aromatic carbocycles. The molecule has 0 spiro atoms. The third-order valence-corrected chi connectivity index (χ3v) is 4.32. The van der Waals surface area contributed by atoms with Crippen LogP contribution >= 0.6 is 0 Å². The minimum Gasteiger partial charge on any atom is -0.456 e. The van der Waals surface area contributed by atoms with Crippen LogP contribution in [0.3, 0.4) is 0 Å². The first kappa shape index (κ1) is 16.4. The quantitative estimate of drug-likeness (QED) is 0.525. The van der Waals surface area contributed by atoms with E-state index in [2.05, 4.69) is 5.32 Å². The summed E-state index contributed by atoms with van der Waals surface area (Å²) in [4.78, 5) is 22.8. The monoisotopic (exact) mass is 306 g/mol. The van der Waals surface area contributed by atoms with E-state index in [0.717, 1.165) is 25.9 Å². The van der Waals surface area contributed by atoms with Gasteiger partial charge in [-0.05, 0) is 52.8 Å². The molecule has 0 atom stereocenters. The molecule has 6 heteroatoms. The molecule has 0 amide bonds. The van der Waals surface area contributed by atoms with Gasteiger partial charge in [0.05, 0.1) is 10.5 Å². The Morgan fingerprint density at radius 1 is 1.36 bits per heavy atom. The number of nitrogens with one attached hydrogen (secondary N) is 1. The van der Waals surface area contributed by atoms with Crippen LogP contribution in [0.4, 0.5) is 5.69 Å². The van der Waals surface area contributed by atoms with Crippen LogP contribution in [0.1, 0.15) is 42.6 Å². The van der Waals surface area contributed by atoms with E-state index in [0.29, 0.717) is 5.56 Å². The third kappa shape index (κ3) is 3.62. The molecule has 1 aromatic rings. The summed E-state index contributed by atoms with van der Waals surface area (Å²) in [7, 11) is 0. The molecule has 0 radical (unpaired) electrons. The van der Waals surface area contributed by atoms with Crippen molar-refractivity contribution >= 4 is 11.7 Å². The number of carbonyl (C=O) groups is 1. The fraction of sp³-hybridized carbons (Fsp3) is 0.562. The van der Waals surface area contributed by atoms with Crippen molar-refractivity contribution in [3.05, 3.63) is 39.4 Å². The maximum atomic E-state index is 12.3. The van der Waals surface area contributed by atoms with Crippen LogP contribution in [-0.2, 0) is 4.74 Å². The maximum Gasteiger partial charge on any atom is 0.338 e. The molecular formula is C16H22N2O4. The summed E-state index contributed by atoms with van der Waals surface area (Å²) in [6, 6.07) is 4.44. The largest absolute Gasteiger partial charge is 0.456 e. The Labute approximate surface area is 130 Å². The first-order valence-corrected chi connectivity index (χ1v) is 7.50. The Hall–Kier alpha value is -1.95. The standard InChI is InChI=1S/C16H22N2O4/c1-11-4-5-12(10-14(11)18(20)21)15(19)22-16(2,3)13-6-8-17-9-7-13/h4-5,10,13,17H,6-9H2,1-3H3. The van der Waals surface area contributed by atoms with Gasteiger partial charge in [-0.25, -0.2) is 4.79 Å². The van der Waals surface area contributed by atoms with E-state index in [1.54, 1.807) is 19.1 Å². The number of rotatable bonds is 4. The number of esters is 1. The number of benzene rings is 1. The highest BCUT2D eigenvalue weighted by Gasteiger charge is 2.34. The number of nitro benzene ring substituents is 1. The molecule has 0 unspecified atom stereocenters.